The van der Waals surface area contributed by atoms with Crippen LogP contribution in [0.5, 0.6) is 11.5 Å². The first-order chi connectivity index (χ1) is 16.8. The van der Waals surface area contributed by atoms with Crippen molar-refractivity contribution in [1.82, 2.24) is 5.32 Å². The molecule has 8 nitrogen and oxygen atoms in total. The van der Waals surface area contributed by atoms with Crippen molar-refractivity contribution < 1.29 is 27.5 Å². The molecule has 0 saturated heterocycles. The molecule has 0 aliphatic heterocycles. The molecule has 0 aromatic heterocycles. The van der Waals surface area contributed by atoms with Crippen molar-refractivity contribution in [2.24, 2.45) is 0 Å². The van der Waals surface area contributed by atoms with Crippen LogP contribution in [-0.4, -0.2) is 47.2 Å². The topological polar surface area (TPSA) is 114 Å². The van der Waals surface area contributed by atoms with E-state index in [9.17, 15) is 18.3 Å². The quantitative estimate of drug-likeness (QED) is 0.209. The zero-order valence-corrected chi connectivity index (χ0v) is 25.2. The molecule has 36 heavy (non-hydrogen) atoms. The summed E-state index contributed by atoms with van der Waals surface area (Å²) in [7, 11) is -5.68. The Morgan fingerprint density at radius 2 is 1.67 bits per heavy atom. The minimum absolute atomic E-state index is 0.0659. The molecule has 2 aromatic rings. The zero-order chi connectivity index (χ0) is 27.1. The number of anilines is 1. The van der Waals surface area contributed by atoms with Crippen molar-refractivity contribution in [2.75, 3.05) is 24.1 Å². The van der Waals surface area contributed by atoms with Gasteiger partial charge in [-0.3, -0.25) is 9.52 Å². The maximum Gasteiger partial charge on any atom is 0.258 e. The Balaban J connectivity index is 2.24. The number of halogens is 1. The molecule has 0 saturated carbocycles. The minimum atomic E-state index is -3.59. The molecule has 11 heteroatoms. The first kappa shape index (κ1) is 30.1. The summed E-state index contributed by atoms with van der Waals surface area (Å²) in [5.41, 5.74) is 2.58. The smallest absolute Gasteiger partial charge is 0.258 e. The lowest BCUT2D eigenvalue weighted by Crippen LogP contribution is -2.41. The average molecular weight is 602 g/mol. The number of rotatable bonds is 13. The molecule has 0 aliphatic rings. The molecule has 1 atom stereocenters. The summed E-state index contributed by atoms with van der Waals surface area (Å²) in [5.74, 6) is 0.187. The van der Waals surface area contributed by atoms with Crippen LogP contribution in [0.2, 0.25) is 18.1 Å². The molecule has 2 aromatic carbocycles. The fourth-order valence-corrected chi connectivity index (χ4v) is 8.16. The van der Waals surface area contributed by atoms with E-state index in [1.807, 2.05) is 26.0 Å². The summed E-state index contributed by atoms with van der Waals surface area (Å²) in [6.07, 6.45) is 0.503. The molecular weight excluding hydrogens is 564 g/mol. The first-order valence-electron chi connectivity index (χ1n) is 12.0. The van der Waals surface area contributed by atoms with Gasteiger partial charge in [0.1, 0.15) is 11.5 Å². The molecule has 2 rings (SSSR count). The lowest BCUT2D eigenvalue weighted by molar-refractivity contribution is -0.123. The van der Waals surface area contributed by atoms with Gasteiger partial charge in [-0.05, 0) is 72.9 Å². The number of carbonyl (C=O) groups is 1. The van der Waals surface area contributed by atoms with Gasteiger partial charge in [-0.1, -0.05) is 42.8 Å². The molecule has 0 heterocycles. The van der Waals surface area contributed by atoms with Crippen LogP contribution in [0.3, 0.4) is 0 Å². The lowest BCUT2D eigenvalue weighted by atomic mass is 10.1. The van der Waals surface area contributed by atoms with Gasteiger partial charge in [-0.25, -0.2) is 8.42 Å². The van der Waals surface area contributed by atoms with Crippen LogP contribution in [0.4, 0.5) is 5.69 Å². The van der Waals surface area contributed by atoms with Gasteiger partial charge in [0.05, 0.1) is 18.0 Å². The van der Waals surface area contributed by atoms with E-state index >= 15 is 0 Å². The Bertz CT molecular complexity index is 1140. The van der Waals surface area contributed by atoms with Gasteiger partial charge in [-0.2, -0.15) is 0 Å². The molecule has 0 aliphatic carbocycles. The summed E-state index contributed by atoms with van der Waals surface area (Å²) in [5, 5.41) is 13.1. The SMILES string of the molecule is CC[Si](CC)(CC)OC(CNC(=O)COc1c(C)cc(Br)cc1C)c1ccc(O)c(NS(C)(=O)=O)c1. The molecular formula is C25H37BrN2O6SSi. The van der Waals surface area contributed by atoms with Crippen LogP contribution in [-0.2, 0) is 19.2 Å². The van der Waals surface area contributed by atoms with Crippen LogP contribution >= 0.6 is 15.9 Å². The van der Waals surface area contributed by atoms with Crippen molar-refractivity contribution in [3.63, 3.8) is 0 Å². The number of carbonyl (C=O) groups excluding carboxylic acids is 1. The maximum atomic E-state index is 12.7. The van der Waals surface area contributed by atoms with Crippen molar-refractivity contribution in [3.8, 4) is 11.5 Å². The number of hydrogen-bond donors (Lipinski definition) is 3. The van der Waals surface area contributed by atoms with Gasteiger partial charge in [0, 0.05) is 11.0 Å². The second-order valence-electron chi connectivity index (χ2n) is 8.96. The van der Waals surface area contributed by atoms with Gasteiger partial charge in [0.25, 0.3) is 5.91 Å². The van der Waals surface area contributed by atoms with E-state index in [4.69, 9.17) is 9.16 Å². The number of benzene rings is 2. The fourth-order valence-electron chi connectivity index (χ4n) is 4.09. The number of aromatic hydroxyl groups is 1. The molecule has 3 N–H and O–H groups in total. The standard InChI is InChI=1S/C25H37BrN2O6SSi/c1-7-36(8-2,9-3)34-23(19-10-11-22(29)21(14-19)28-35(6,31)32)15-27-24(30)16-33-25-17(4)12-20(26)13-18(25)5/h10-14,23,28-29H,7-9,15-16H2,1-6H3,(H,27,30). The number of phenolic OH excluding ortho intramolecular Hbond substituents is 1. The van der Waals surface area contributed by atoms with E-state index in [-0.39, 0.29) is 30.5 Å². The number of aryl methyl sites for hydroxylation is 2. The van der Waals surface area contributed by atoms with E-state index in [1.54, 1.807) is 12.1 Å². The first-order valence-corrected chi connectivity index (χ1v) is 17.2. The Morgan fingerprint density at radius 1 is 1.08 bits per heavy atom. The number of nitrogens with one attached hydrogen (secondary N) is 2. The van der Waals surface area contributed by atoms with E-state index in [0.717, 1.165) is 40.0 Å². The average Bonchev–Trinajstić information content (AvgIpc) is 2.79. The summed E-state index contributed by atoms with van der Waals surface area (Å²) < 4.78 is 39.3. The molecule has 0 spiro atoms. The van der Waals surface area contributed by atoms with Crippen LogP contribution in [0, 0.1) is 13.8 Å². The highest BCUT2D eigenvalue weighted by molar-refractivity contribution is 9.10. The number of ether oxygens (including phenoxy) is 1. The highest BCUT2D eigenvalue weighted by Gasteiger charge is 2.33. The third-order valence-electron chi connectivity index (χ3n) is 6.27. The van der Waals surface area contributed by atoms with Crippen molar-refractivity contribution in [1.29, 1.82) is 0 Å². The Morgan fingerprint density at radius 3 is 2.19 bits per heavy atom. The van der Waals surface area contributed by atoms with Crippen molar-refractivity contribution in [3.05, 3.63) is 51.5 Å². The largest absolute Gasteiger partial charge is 0.506 e. The van der Waals surface area contributed by atoms with Gasteiger partial charge in [-0.15, -0.1) is 0 Å². The highest BCUT2D eigenvalue weighted by atomic mass is 79.9. The predicted molar refractivity (Wildman–Crippen MR) is 150 cm³/mol. The highest BCUT2D eigenvalue weighted by Crippen LogP contribution is 2.33. The Kier molecular flexibility index (Phi) is 10.8. The van der Waals surface area contributed by atoms with E-state index in [1.165, 1.54) is 6.07 Å². The van der Waals surface area contributed by atoms with Crippen LogP contribution in [0.25, 0.3) is 0 Å². The number of hydrogen-bond acceptors (Lipinski definition) is 6. The zero-order valence-electron chi connectivity index (χ0n) is 21.8. The van der Waals surface area contributed by atoms with E-state index in [2.05, 4.69) is 46.7 Å². The second-order valence-corrected chi connectivity index (χ2v) is 16.3. The molecule has 0 fully saturated rings. The summed E-state index contributed by atoms with van der Waals surface area (Å²) >= 11 is 3.46. The monoisotopic (exact) mass is 600 g/mol. The van der Waals surface area contributed by atoms with Crippen molar-refractivity contribution >= 4 is 45.9 Å². The predicted octanol–water partition coefficient (Wildman–Crippen LogP) is 5.40. The maximum absolute atomic E-state index is 12.7. The van der Waals surface area contributed by atoms with Crippen LogP contribution in [0.15, 0.2) is 34.8 Å². The van der Waals surface area contributed by atoms with Gasteiger partial charge in [0.2, 0.25) is 10.0 Å². The van der Waals surface area contributed by atoms with Crippen LogP contribution in [0.1, 0.15) is 43.6 Å². The Labute approximate surface area is 224 Å². The van der Waals surface area contributed by atoms with E-state index in [0.29, 0.717) is 11.3 Å². The van der Waals surface area contributed by atoms with Crippen molar-refractivity contribution in [2.45, 2.75) is 58.9 Å². The number of phenols is 1. The minimum Gasteiger partial charge on any atom is -0.506 e. The normalized spacial score (nSPS) is 12.8. The fraction of sp³-hybridized carbons (Fsp3) is 0.480. The van der Waals surface area contributed by atoms with Crippen LogP contribution < -0.4 is 14.8 Å². The number of sulfonamides is 1. The molecule has 1 amide bonds. The summed E-state index contributed by atoms with van der Waals surface area (Å²) in [6, 6.07) is 11.2. The molecule has 200 valence electrons. The second kappa shape index (κ2) is 12.9. The van der Waals surface area contributed by atoms with E-state index < -0.39 is 24.4 Å². The summed E-state index contributed by atoms with van der Waals surface area (Å²) in [4.78, 5) is 12.7. The van der Waals surface area contributed by atoms with Gasteiger partial charge < -0.3 is 19.6 Å². The molecule has 0 radical (unpaired) electrons. The summed E-state index contributed by atoms with van der Waals surface area (Å²) in [6.45, 7) is 10.2. The Hall–Kier alpha value is -2.08. The van der Waals surface area contributed by atoms with Gasteiger partial charge in [0.15, 0.2) is 14.9 Å². The lowest BCUT2D eigenvalue weighted by Gasteiger charge is -2.34. The van der Waals surface area contributed by atoms with Gasteiger partial charge >= 0.3 is 0 Å². The number of amides is 1. The molecule has 0 bridgehead atoms. The third-order valence-corrected chi connectivity index (χ3v) is 12.0. The molecule has 1 unspecified atom stereocenters. The third kappa shape index (κ3) is 8.50.